The van der Waals surface area contributed by atoms with Gasteiger partial charge in [-0.1, -0.05) is 12.1 Å². The molecule has 0 radical (unpaired) electrons. The van der Waals surface area contributed by atoms with Gasteiger partial charge in [-0.15, -0.1) is 11.3 Å². The number of nitro benzene ring substituents is 1. The second-order valence-electron chi connectivity index (χ2n) is 5.78. The van der Waals surface area contributed by atoms with E-state index in [0.717, 1.165) is 15.2 Å². The lowest BCUT2D eigenvalue weighted by atomic mass is 10.1. The average Bonchev–Trinajstić information content (AvgIpc) is 3.03. The second kappa shape index (κ2) is 6.19. The Balaban J connectivity index is 1.77. The van der Waals surface area contributed by atoms with E-state index in [4.69, 9.17) is 0 Å². The fourth-order valence-corrected chi connectivity index (χ4v) is 3.84. The Morgan fingerprint density at radius 1 is 1.27 bits per heavy atom. The van der Waals surface area contributed by atoms with Crippen LogP contribution in [0.5, 0.6) is 0 Å². The third kappa shape index (κ3) is 2.78. The molecule has 0 atom stereocenters. The summed E-state index contributed by atoms with van der Waals surface area (Å²) in [6, 6.07) is 10.6. The normalized spacial score (nSPS) is 11.1. The summed E-state index contributed by atoms with van der Waals surface area (Å²) in [4.78, 5) is 35.8. The summed E-state index contributed by atoms with van der Waals surface area (Å²) in [5.41, 5.74) is 1.16. The van der Waals surface area contributed by atoms with Crippen molar-refractivity contribution in [1.82, 2.24) is 15.0 Å². The summed E-state index contributed by atoms with van der Waals surface area (Å²) >= 11 is 1.55. The van der Waals surface area contributed by atoms with Gasteiger partial charge in [-0.3, -0.25) is 14.9 Å². The number of hydrogen-bond donors (Lipinski definition) is 1. The zero-order chi connectivity index (χ0) is 18.3. The van der Waals surface area contributed by atoms with Crippen LogP contribution in [0.25, 0.3) is 21.1 Å². The van der Waals surface area contributed by atoms with Gasteiger partial charge in [0.25, 0.3) is 11.2 Å². The quantitative estimate of drug-likeness (QED) is 0.439. The Morgan fingerprint density at radius 3 is 2.85 bits per heavy atom. The van der Waals surface area contributed by atoms with Crippen molar-refractivity contribution in [3.05, 3.63) is 68.2 Å². The molecule has 4 aromatic rings. The fraction of sp³-hybridized carbons (Fsp3) is 0.118. The van der Waals surface area contributed by atoms with Crippen LogP contribution < -0.4 is 10.5 Å². The number of aromatic nitrogens is 3. The maximum atomic E-state index is 11.9. The summed E-state index contributed by atoms with van der Waals surface area (Å²) in [6.45, 7) is 0.412. The zero-order valence-corrected chi connectivity index (χ0v) is 14.5. The highest BCUT2D eigenvalue weighted by molar-refractivity contribution is 7.18. The SMILES string of the molecule is CN(Cc1nc2ccccc2s1)c1cc2nc[nH]c(=O)c2cc1[N+](=O)[O-]. The molecule has 0 aliphatic heterocycles. The molecule has 0 amide bonds. The molecule has 0 aliphatic carbocycles. The van der Waals surface area contributed by atoms with Gasteiger partial charge in [-0.25, -0.2) is 9.97 Å². The van der Waals surface area contributed by atoms with Crippen LogP contribution in [0.3, 0.4) is 0 Å². The smallest absolute Gasteiger partial charge is 0.293 e. The van der Waals surface area contributed by atoms with E-state index in [0.29, 0.717) is 17.7 Å². The molecule has 0 unspecified atom stereocenters. The molecular weight excluding hydrogens is 354 g/mol. The zero-order valence-electron chi connectivity index (χ0n) is 13.7. The molecule has 4 rings (SSSR count). The Kier molecular flexibility index (Phi) is 3.85. The molecule has 0 saturated carbocycles. The minimum absolute atomic E-state index is 0.139. The number of hydrogen-bond acceptors (Lipinski definition) is 7. The fourth-order valence-electron chi connectivity index (χ4n) is 2.82. The Morgan fingerprint density at radius 2 is 2.08 bits per heavy atom. The van der Waals surface area contributed by atoms with Crippen LogP contribution in [0.4, 0.5) is 11.4 Å². The number of para-hydroxylation sites is 1. The number of anilines is 1. The predicted octanol–water partition coefficient (Wildman–Crippen LogP) is 3.08. The van der Waals surface area contributed by atoms with Crippen molar-refractivity contribution in [2.24, 2.45) is 0 Å². The van der Waals surface area contributed by atoms with E-state index in [1.807, 2.05) is 24.3 Å². The van der Waals surface area contributed by atoms with Crippen molar-refractivity contribution < 1.29 is 4.92 Å². The lowest BCUT2D eigenvalue weighted by Crippen LogP contribution is -2.18. The van der Waals surface area contributed by atoms with Crippen molar-refractivity contribution in [3.8, 4) is 0 Å². The van der Waals surface area contributed by atoms with Gasteiger partial charge in [0, 0.05) is 13.1 Å². The number of nitro groups is 1. The van der Waals surface area contributed by atoms with Crippen LogP contribution in [-0.4, -0.2) is 26.9 Å². The minimum Gasteiger partial charge on any atom is -0.362 e. The van der Waals surface area contributed by atoms with E-state index in [-0.39, 0.29) is 11.1 Å². The summed E-state index contributed by atoms with van der Waals surface area (Å²) in [6.07, 6.45) is 1.29. The molecular formula is C17H13N5O3S. The molecule has 0 fully saturated rings. The Bertz CT molecular complexity index is 1170. The van der Waals surface area contributed by atoms with Crippen LogP contribution in [-0.2, 0) is 6.54 Å². The highest BCUT2D eigenvalue weighted by atomic mass is 32.1. The lowest BCUT2D eigenvalue weighted by molar-refractivity contribution is -0.384. The van der Waals surface area contributed by atoms with E-state index in [1.54, 1.807) is 29.4 Å². The van der Waals surface area contributed by atoms with E-state index in [2.05, 4.69) is 15.0 Å². The van der Waals surface area contributed by atoms with Crippen LogP contribution in [0.2, 0.25) is 0 Å². The van der Waals surface area contributed by atoms with Crippen LogP contribution in [0.15, 0.2) is 47.5 Å². The Hall–Kier alpha value is -3.33. The highest BCUT2D eigenvalue weighted by Crippen LogP contribution is 2.32. The first kappa shape index (κ1) is 16.2. The van der Waals surface area contributed by atoms with Crippen molar-refractivity contribution in [3.63, 3.8) is 0 Å². The third-order valence-electron chi connectivity index (χ3n) is 4.06. The van der Waals surface area contributed by atoms with E-state index in [9.17, 15) is 14.9 Å². The van der Waals surface area contributed by atoms with Crippen molar-refractivity contribution in [1.29, 1.82) is 0 Å². The number of fused-ring (bicyclic) bond motifs is 2. The predicted molar refractivity (Wildman–Crippen MR) is 101 cm³/mol. The highest BCUT2D eigenvalue weighted by Gasteiger charge is 2.21. The summed E-state index contributed by atoms with van der Waals surface area (Å²) < 4.78 is 1.07. The molecule has 0 bridgehead atoms. The first-order chi connectivity index (χ1) is 12.5. The van der Waals surface area contributed by atoms with Crippen LogP contribution >= 0.6 is 11.3 Å². The van der Waals surface area contributed by atoms with Gasteiger partial charge in [0.05, 0.1) is 38.9 Å². The largest absolute Gasteiger partial charge is 0.362 e. The third-order valence-corrected chi connectivity index (χ3v) is 5.08. The van der Waals surface area contributed by atoms with E-state index < -0.39 is 10.5 Å². The number of benzene rings is 2. The van der Waals surface area contributed by atoms with Gasteiger partial charge >= 0.3 is 0 Å². The molecule has 9 heteroatoms. The number of H-pyrrole nitrogens is 1. The topological polar surface area (TPSA) is 105 Å². The van der Waals surface area contributed by atoms with Crippen molar-refractivity contribution >= 4 is 43.8 Å². The first-order valence-electron chi connectivity index (χ1n) is 7.74. The van der Waals surface area contributed by atoms with Crippen LogP contribution in [0.1, 0.15) is 5.01 Å². The molecule has 0 aliphatic rings. The average molecular weight is 367 g/mol. The summed E-state index contributed by atoms with van der Waals surface area (Å²) in [5.74, 6) is 0. The molecule has 26 heavy (non-hydrogen) atoms. The molecule has 2 aromatic carbocycles. The van der Waals surface area contributed by atoms with E-state index >= 15 is 0 Å². The lowest BCUT2D eigenvalue weighted by Gasteiger charge is -2.18. The van der Waals surface area contributed by atoms with Gasteiger partial charge < -0.3 is 9.88 Å². The number of rotatable bonds is 4. The molecule has 130 valence electrons. The molecule has 1 N–H and O–H groups in total. The van der Waals surface area contributed by atoms with Crippen molar-refractivity contribution in [2.45, 2.75) is 6.54 Å². The van der Waals surface area contributed by atoms with Gasteiger partial charge in [0.15, 0.2) is 0 Å². The molecule has 0 saturated heterocycles. The van der Waals surface area contributed by atoms with E-state index in [1.165, 1.54) is 12.4 Å². The monoisotopic (exact) mass is 367 g/mol. The molecule has 2 heterocycles. The second-order valence-corrected chi connectivity index (χ2v) is 6.89. The van der Waals surface area contributed by atoms with Gasteiger partial charge in [-0.05, 0) is 18.2 Å². The van der Waals surface area contributed by atoms with Gasteiger partial charge in [0.1, 0.15) is 10.7 Å². The Labute approximate surface area is 150 Å². The first-order valence-corrected chi connectivity index (χ1v) is 8.56. The minimum atomic E-state index is -0.490. The van der Waals surface area contributed by atoms with Crippen LogP contribution in [0, 0.1) is 10.1 Å². The summed E-state index contributed by atoms with van der Waals surface area (Å²) in [7, 11) is 1.76. The molecule has 0 spiro atoms. The number of nitrogens with one attached hydrogen (secondary N) is 1. The standard InChI is InChI=1S/C17H13N5O3S/c1-21(8-16-20-11-4-2-3-5-15(11)26-16)13-7-12-10(6-14(13)22(24)25)17(23)19-9-18-12/h2-7,9H,8H2,1H3,(H,18,19,23). The van der Waals surface area contributed by atoms with Gasteiger partial charge in [0.2, 0.25) is 0 Å². The van der Waals surface area contributed by atoms with Gasteiger partial charge in [-0.2, -0.15) is 0 Å². The van der Waals surface area contributed by atoms with Crippen molar-refractivity contribution in [2.75, 3.05) is 11.9 Å². The summed E-state index contributed by atoms with van der Waals surface area (Å²) in [5, 5.41) is 12.5. The number of nitrogens with zero attached hydrogens (tertiary/aromatic N) is 4. The maximum absolute atomic E-state index is 11.9. The molecule has 2 aromatic heterocycles. The number of thiazole rings is 1. The number of aromatic amines is 1. The maximum Gasteiger partial charge on any atom is 0.293 e. The molecule has 8 nitrogen and oxygen atoms in total.